The second kappa shape index (κ2) is 4.03. The maximum Gasteiger partial charge on any atom is 0.248 e. The van der Waals surface area contributed by atoms with Crippen molar-refractivity contribution in [2.45, 2.75) is 13.3 Å². The zero-order valence-electron chi connectivity index (χ0n) is 8.41. The fraction of sp³-hybridized carbons (Fsp3) is 0.182. The van der Waals surface area contributed by atoms with Gasteiger partial charge in [-0.05, 0) is 24.1 Å². The minimum atomic E-state index is -0.112. The van der Waals surface area contributed by atoms with Crippen LogP contribution in [-0.2, 0) is 6.42 Å². The fourth-order valence-electron chi connectivity index (χ4n) is 1.69. The number of benzene rings is 1. The van der Waals surface area contributed by atoms with E-state index in [1.54, 1.807) is 0 Å². The number of hydrogen-bond donors (Lipinski definition) is 1. The normalized spacial score (nSPS) is 10.5. The van der Waals surface area contributed by atoms with Crippen LogP contribution in [0.3, 0.4) is 0 Å². The third kappa shape index (κ3) is 1.75. The molecule has 0 spiro atoms. The van der Waals surface area contributed by atoms with Crippen LogP contribution < -0.4 is 10.1 Å². The second-order valence-electron chi connectivity index (χ2n) is 3.31. The summed E-state index contributed by atoms with van der Waals surface area (Å²) in [6.07, 6.45) is 0.930. The Balaban J connectivity index is 2.86. The van der Waals surface area contributed by atoms with E-state index in [0.717, 1.165) is 17.3 Å². The van der Waals surface area contributed by atoms with E-state index < -0.39 is 0 Å². The number of hydrogen-bond acceptors (Lipinski definition) is 2. The summed E-state index contributed by atoms with van der Waals surface area (Å²) in [7, 11) is 2.19. The summed E-state index contributed by atoms with van der Waals surface area (Å²) in [6, 6.07) is 7.25. The Morgan fingerprint density at radius 3 is 2.80 bits per heavy atom. The molecule has 1 N–H and O–H groups in total. The van der Waals surface area contributed by atoms with Crippen LogP contribution in [0.2, 0.25) is 0 Å². The summed E-state index contributed by atoms with van der Waals surface area (Å²) < 4.78 is 5.13. The van der Waals surface area contributed by atoms with Gasteiger partial charge in [-0.1, -0.05) is 13.0 Å². The smallest absolute Gasteiger partial charge is 0.248 e. The molecule has 0 saturated carbocycles. The topological polar surface area (TPSA) is 42.1 Å². The van der Waals surface area contributed by atoms with Gasteiger partial charge in [-0.25, -0.2) is 0 Å². The lowest BCUT2D eigenvalue weighted by atomic mass is 10.1. The highest BCUT2D eigenvalue weighted by Crippen LogP contribution is 2.27. The predicted octanol–water partition coefficient (Wildman–Crippen LogP) is 2.26. The second-order valence-corrected chi connectivity index (χ2v) is 3.54. The Hall–Kier alpha value is -1.34. The SMILES string of the molecule is CCc1ccc(OP)c2[nH]c(=O)ccc12. The van der Waals surface area contributed by atoms with Crippen molar-refractivity contribution in [3.63, 3.8) is 0 Å². The molecule has 0 fully saturated rings. The highest BCUT2D eigenvalue weighted by Gasteiger charge is 2.05. The Morgan fingerprint density at radius 1 is 1.33 bits per heavy atom. The predicted molar refractivity (Wildman–Crippen MR) is 64.3 cm³/mol. The van der Waals surface area contributed by atoms with Gasteiger partial charge in [-0.15, -0.1) is 0 Å². The number of nitrogens with one attached hydrogen (secondary N) is 1. The first-order chi connectivity index (χ1) is 7.26. The largest absolute Gasteiger partial charge is 0.478 e. The highest BCUT2D eigenvalue weighted by atomic mass is 31.0. The average molecular weight is 221 g/mol. The third-order valence-electron chi connectivity index (χ3n) is 2.46. The molecule has 1 atom stereocenters. The van der Waals surface area contributed by atoms with Crippen molar-refractivity contribution >= 4 is 20.4 Å². The van der Waals surface area contributed by atoms with Crippen molar-refractivity contribution < 1.29 is 4.52 Å². The van der Waals surface area contributed by atoms with Crippen LogP contribution in [0, 0.1) is 0 Å². The maximum absolute atomic E-state index is 11.2. The first-order valence-electron chi connectivity index (χ1n) is 4.78. The van der Waals surface area contributed by atoms with Crippen LogP contribution in [0.15, 0.2) is 29.1 Å². The van der Waals surface area contributed by atoms with E-state index in [2.05, 4.69) is 21.4 Å². The van der Waals surface area contributed by atoms with E-state index in [4.69, 9.17) is 4.52 Å². The summed E-state index contributed by atoms with van der Waals surface area (Å²) in [5.74, 6) is 0.671. The number of pyridine rings is 1. The molecule has 1 unspecified atom stereocenters. The molecule has 0 amide bonds. The van der Waals surface area contributed by atoms with Gasteiger partial charge in [0.25, 0.3) is 0 Å². The van der Waals surface area contributed by atoms with Crippen LogP contribution >= 0.6 is 9.47 Å². The molecule has 0 radical (unpaired) electrons. The molecule has 2 rings (SSSR count). The lowest BCUT2D eigenvalue weighted by Gasteiger charge is -2.07. The number of H-pyrrole nitrogens is 1. The van der Waals surface area contributed by atoms with Crippen molar-refractivity contribution in [3.05, 3.63) is 40.2 Å². The van der Waals surface area contributed by atoms with Gasteiger partial charge < -0.3 is 9.51 Å². The molecule has 0 aliphatic rings. The third-order valence-corrected chi connectivity index (χ3v) is 2.71. The zero-order chi connectivity index (χ0) is 10.8. The number of aryl methyl sites for hydroxylation is 1. The molecule has 78 valence electrons. The summed E-state index contributed by atoms with van der Waals surface area (Å²) in [5.41, 5.74) is 1.85. The summed E-state index contributed by atoms with van der Waals surface area (Å²) >= 11 is 0. The number of rotatable bonds is 2. The minimum absolute atomic E-state index is 0.112. The van der Waals surface area contributed by atoms with E-state index in [1.807, 2.05) is 18.2 Å². The van der Waals surface area contributed by atoms with Crippen molar-refractivity contribution in [1.82, 2.24) is 4.98 Å². The van der Waals surface area contributed by atoms with Crippen LogP contribution in [-0.4, -0.2) is 4.98 Å². The van der Waals surface area contributed by atoms with Crippen LogP contribution in [0.1, 0.15) is 12.5 Å². The number of aromatic nitrogens is 1. The van der Waals surface area contributed by atoms with E-state index in [9.17, 15) is 4.79 Å². The molecule has 3 nitrogen and oxygen atoms in total. The first kappa shape index (κ1) is 10.2. The van der Waals surface area contributed by atoms with Gasteiger partial charge in [-0.2, -0.15) is 0 Å². The van der Waals surface area contributed by atoms with Gasteiger partial charge in [0.2, 0.25) is 5.56 Å². The average Bonchev–Trinajstić information content (AvgIpc) is 2.27. The van der Waals surface area contributed by atoms with Gasteiger partial charge in [0.15, 0.2) is 0 Å². The molecule has 1 heterocycles. The maximum atomic E-state index is 11.2. The molecule has 1 aromatic carbocycles. The molecule has 0 saturated heterocycles. The van der Waals surface area contributed by atoms with Crippen LogP contribution in [0.25, 0.3) is 10.9 Å². The monoisotopic (exact) mass is 221 g/mol. The molecule has 4 heteroatoms. The van der Waals surface area contributed by atoms with E-state index in [-0.39, 0.29) is 5.56 Å². The molecule has 0 bridgehead atoms. The van der Waals surface area contributed by atoms with Gasteiger partial charge >= 0.3 is 0 Å². The zero-order valence-corrected chi connectivity index (χ0v) is 9.57. The molecule has 0 aliphatic heterocycles. The van der Waals surface area contributed by atoms with Crippen LogP contribution in [0.5, 0.6) is 5.75 Å². The van der Waals surface area contributed by atoms with Gasteiger partial charge in [0.1, 0.15) is 5.75 Å². The van der Waals surface area contributed by atoms with Gasteiger partial charge in [0.05, 0.1) is 15.0 Å². The molecule has 0 aliphatic carbocycles. The van der Waals surface area contributed by atoms with E-state index in [1.165, 1.54) is 11.6 Å². The van der Waals surface area contributed by atoms with Crippen molar-refractivity contribution in [2.24, 2.45) is 0 Å². The quantitative estimate of drug-likeness (QED) is 0.790. The van der Waals surface area contributed by atoms with Crippen LogP contribution in [0.4, 0.5) is 0 Å². The Bertz CT molecular complexity index is 548. The standard InChI is InChI=1S/C11H12NO2P/c1-2-7-3-5-9(14-15)11-8(7)4-6-10(13)12-11/h3-6H,2,15H2,1H3,(H,12,13). The van der Waals surface area contributed by atoms with E-state index in [0.29, 0.717) is 5.75 Å². The Kier molecular flexibility index (Phi) is 2.74. The number of fused-ring (bicyclic) bond motifs is 1. The Labute approximate surface area is 89.8 Å². The van der Waals surface area contributed by atoms with Gasteiger partial charge in [0, 0.05) is 11.5 Å². The van der Waals surface area contributed by atoms with Crippen molar-refractivity contribution in [1.29, 1.82) is 0 Å². The summed E-state index contributed by atoms with van der Waals surface area (Å²) in [4.78, 5) is 14.0. The lowest BCUT2D eigenvalue weighted by Crippen LogP contribution is -2.03. The highest BCUT2D eigenvalue weighted by molar-refractivity contribution is 7.10. The summed E-state index contributed by atoms with van der Waals surface area (Å²) in [6.45, 7) is 2.08. The van der Waals surface area contributed by atoms with Crippen molar-refractivity contribution in [2.75, 3.05) is 0 Å². The van der Waals surface area contributed by atoms with Crippen molar-refractivity contribution in [3.8, 4) is 5.75 Å². The Morgan fingerprint density at radius 2 is 2.13 bits per heavy atom. The summed E-state index contributed by atoms with van der Waals surface area (Å²) in [5, 5.41) is 1.04. The van der Waals surface area contributed by atoms with E-state index >= 15 is 0 Å². The van der Waals surface area contributed by atoms with Gasteiger partial charge in [-0.3, -0.25) is 4.79 Å². The fourth-order valence-corrected chi connectivity index (χ4v) is 1.89. The molecule has 15 heavy (non-hydrogen) atoms. The molecular weight excluding hydrogens is 209 g/mol. The minimum Gasteiger partial charge on any atom is -0.478 e. The molecule has 1 aromatic heterocycles. The first-order valence-corrected chi connectivity index (χ1v) is 5.25. The molecular formula is C11H12NO2P. The number of aromatic amines is 1. The lowest BCUT2D eigenvalue weighted by molar-refractivity contribution is 0.651. The molecule has 2 aromatic rings.